The molecule has 120 valence electrons. The van der Waals surface area contributed by atoms with Gasteiger partial charge in [0.15, 0.2) is 11.5 Å². The summed E-state index contributed by atoms with van der Waals surface area (Å²) in [6.45, 7) is 7.82. The lowest BCUT2D eigenvalue weighted by Crippen LogP contribution is -2.13. The van der Waals surface area contributed by atoms with Crippen LogP contribution in [0.15, 0.2) is 24.3 Å². The number of rotatable bonds is 3. The fourth-order valence-corrected chi connectivity index (χ4v) is 2.97. The van der Waals surface area contributed by atoms with Crippen molar-refractivity contribution in [3.63, 3.8) is 0 Å². The van der Waals surface area contributed by atoms with E-state index < -0.39 is 0 Å². The molecule has 23 heavy (non-hydrogen) atoms. The maximum Gasteiger partial charge on any atom is 0.194 e. The molecule has 0 spiro atoms. The first-order valence-corrected chi connectivity index (χ1v) is 7.87. The number of benzene rings is 1. The van der Waals surface area contributed by atoms with Crippen LogP contribution in [0.25, 0.3) is 17.0 Å². The van der Waals surface area contributed by atoms with Gasteiger partial charge in [-0.05, 0) is 18.6 Å². The summed E-state index contributed by atoms with van der Waals surface area (Å²) in [6, 6.07) is 7.70. The molecule has 1 aromatic carbocycles. The summed E-state index contributed by atoms with van der Waals surface area (Å²) in [7, 11) is 0. The molecule has 0 saturated carbocycles. The molecule has 0 fully saturated rings. The first kappa shape index (κ1) is 15.7. The lowest BCUT2D eigenvalue weighted by atomic mass is 9.92. The number of nitrogens with one attached hydrogen (secondary N) is 1. The second kappa shape index (κ2) is 5.49. The van der Waals surface area contributed by atoms with Crippen molar-refractivity contribution < 1.29 is 4.79 Å². The first-order valence-electron chi connectivity index (χ1n) is 7.49. The maximum atomic E-state index is 11.3. The van der Waals surface area contributed by atoms with Crippen molar-refractivity contribution in [3.8, 4) is 11.4 Å². The van der Waals surface area contributed by atoms with Crippen LogP contribution in [0.2, 0.25) is 5.02 Å². The van der Waals surface area contributed by atoms with Crippen LogP contribution in [0.3, 0.4) is 0 Å². The van der Waals surface area contributed by atoms with Crippen molar-refractivity contribution in [1.29, 1.82) is 0 Å². The Morgan fingerprint density at radius 2 is 2.09 bits per heavy atom. The fraction of sp³-hybridized carbons (Fsp3) is 0.353. The van der Waals surface area contributed by atoms with Crippen molar-refractivity contribution in [3.05, 3.63) is 40.5 Å². The highest BCUT2D eigenvalue weighted by molar-refractivity contribution is 6.34. The summed E-state index contributed by atoms with van der Waals surface area (Å²) in [5, 5.41) is 8.27. The summed E-state index contributed by atoms with van der Waals surface area (Å²) in [4.78, 5) is 15.8. The summed E-state index contributed by atoms with van der Waals surface area (Å²) in [5.74, 6) is 0.717. The van der Waals surface area contributed by atoms with E-state index in [9.17, 15) is 4.79 Å². The number of aromatic nitrogens is 4. The van der Waals surface area contributed by atoms with Crippen LogP contribution in [-0.4, -0.2) is 25.6 Å². The summed E-state index contributed by atoms with van der Waals surface area (Å²) >= 11 is 6.44. The molecule has 0 aliphatic rings. The third-order valence-electron chi connectivity index (χ3n) is 3.63. The quantitative estimate of drug-likeness (QED) is 0.794. The molecule has 0 amide bonds. The molecule has 0 atom stereocenters. The Hall–Kier alpha value is -2.14. The average molecular weight is 331 g/mol. The summed E-state index contributed by atoms with van der Waals surface area (Å²) in [5.41, 5.74) is 3.24. The van der Waals surface area contributed by atoms with Crippen molar-refractivity contribution in [2.75, 3.05) is 0 Å². The first-order chi connectivity index (χ1) is 10.8. The summed E-state index contributed by atoms with van der Waals surface area (Å²) < 4.78 is 1.61. The van der Waals surface area contributed by atoms with Gasteiger partial charge >= 0.3 is 0 Å². The fourth-order valence-electron chi connectivity index (χ4n) is 2.53. The van der Waals surface area contributed by atoms with Crippen LogP contribution < -0.4 is 0 Å². The molecule has 0 bridgehead atoms. The van der Waals surface area contributed by atoms with Crippen LogP contribution in [-0.2, 0) is 16.6 Å². The number of ketones is 1. The van der Waals surface area contributed by atoms with Crippen LogP contribution in [0.5, 0.6) is 0 Å². The Kier molecular flexibility index (Phi) is 3.76. The Morgan fingerprint density at radius 1 is 1.35 bits per heavy atom. The molecule has 2 heterocycles. The van der Waals surface area contributed by atoms with Crippen molar-refractivity contribution in [2.45, 2.75) is 39.5 Å². The molecule has 0 radical (unpaired) electrons. The van der Waals surface area contributed by atoms with Gasteiger partial charge in [-0.2, -0.15) is 4.63 Å². The van der Waals surface area contributed by atoms with Gasteiger partial charge in [-0.15, -0.1) is 5.10 Å². The zero-order valence-corrected chi connectivity index (χ0v) is 14.4. The number of carbonyl (C=O) groups is 1. The van der Waals surface area contributed by atoms with E-state index in [4.69, 9.17) is 11.6 Å². The van der Waals surface area contributed by atoms with E-state index in [-0.39, 0.29) is 11.2 Å². The minimum atomic E-state index is -0.110. The Balaban J connectivity index is 2.03. The largest absolute Gasteiger partial charge is 0.300 e. The topological polar surface area (TPSA) is 63.0 Å². The molecular formula is C17H19ClN4O. The lowest BCUT2D eigenvalue weighted by molar-refractivity contribution is -0.116. The molecule has 0 saturated heterocycles. The molecule has 6 heteroatoms. The smallest absolute Gasteiger partial charge is 0.194 e. The van der Waals surface area contributed by atoms with Gasteiger partial charge in [0, 0.05) is 17.4 Å². The highest BCUT2D eigenvalue weighted by Gasteiger charge is 2.24. The molecule has 2 aromatic heterocycles. The Morgan fingerprint density at radius 3 is 2.70 bits per heavy atom. The van der Waals surface area contributed by atoms with Gasteiger partial charge in [0.05, 0.1) is 5.69 Å². The molecule has 3 aromatic rings. The van der Waals surface area contributed by atoms with Crippen LogP contribution >= 0.6 is 11.6 Å². The number of Topliss-reactive ketones (excluding diaryl/α,β-unsaturated/α-hetero) is 1. The van der Waals surface area contributed by atoms with Gasteiger partial charge in [0.2, 0.25) is 0 Å². The van der Waals surface area contributed by atoms with Gasteiger partial charge < -0.3 is 0 Å². The SMILES string of the molecule is CC(=O)Cc1cccc(-c2nc3c(Cl)c(C(C)(C)C)[nH]n3n2)c1. The van der Waals surface area contributed by atoms with Crippen molar-refractivity contribution >= 4 is 23.0 Å². The minimum Gasteiger partial charge on any atom is -0.300 e. The Labute approximate surface area is 139 Å². The van der Waals surface area contributed by atoms with Crippen LogP contribution in [0.4, 0.5) is 0 Å². The average Bonchev–Trinajstić information content (AvgIpc) is 2.98. The molecule has 5 nitrogen and oxygen atoms in total. The number of hydrogen-bond acceptors (Lipinski definition) is 3. The third-order valence-corrected chi connectivity index (χ3v) is 3.99. The predicted molar refractivity (Wildman–Crippen MR) is 90.9 cm³/mol. The van der Waals surface area contributed by atoms with E-state index in [2.05, 4.69) is 36.0 Å². The highest BCUT2D eigenvalue weighted by atomic mass is 35.5. The molecule has 1 N–H and O–H groups in total. The number of H-pyrrole nitrogens is 1. The van der Waals surface area contributed by atoms with Crippen molar-refractivity contribution in [1.82, 2.24) is 19.8 Å². The Bertz CT molecular complexity index is 886. The second-order valence-corrected chi connectivity index (χ2v) is 7.18. The van der Waals surface area contributed by atoms with Gasteiger partial charge in [-0.1, -0.05) is 50.6 Å². The molecule has 0 aliphatic heterocycles. The van der Waals surface area contributed by atoms with Crippen molar-refractivity contribution in [2.24, 2.45) is 0 Å². The standard InChI is InChI=1S/C17H19ClN4O/c1-10(23)8-11-6-5-7-12(9-11)15-19-16-13(18)14(17(2,3)4)20-22(16)21-15/h5-7,9,20H,8H2,1-4H3. The van der Waals surface area contributed by atoms with E-state index >= 15 is 0 Å². The minimum absolute atomic E-state index is 0.110. The number of aromatic amines is 1. The van der Waals surface area contributed by atoms with Gasteiger partial charge in [-0.25, -0.2) is 4.98 Å². The number of halogens is 1. The van der Waals surface area contributed by atoms with Crippen LogP contribution in [0, 0.1) is 0 Å². The monoisotopic (exact) mass is 330 g/mol. The van der Waals surface area contributed by atoms with Gasteiger partial charge in [0.25, 0.3) is 0 Å². The number of carbonyl (C=O) groups excluding carboxylic acids is 1. The number of hydrogen-bond donors (Lipinski definition) is 1. The van der Waals surface area contributed by atoms with E-state index in [0.717, 1.165) is 16.8 Å². The number of nitrogens with zero attached hydrogens (tertiary/aromatic N) is 3. The normalized spacial score (nSPS) is 12.0. The van der Waals surface area contributed by atoms with E-state index in [1.54, 1.807) is 11.6 Å². The molecule has 3 rings (SSSR count). The zero-order chi connectivity index (χ0) is 16.8. The second-order valence-electron chi connectivity index (χ2n) is 6.80. The summed E-state index contributed by atoms with van der Waals surface area (Å²) in [6.07, 6.45) is 0.411. The molecular weight excluding hydrogens is 312 g/mol. The molecule has 0 unspecified atom stereocenters. The maximum absolute atomic E-state index is 11.3. The van der Waals surface area contributed by atoms with Gasteiger partial charge in [-0.3, -0.25) is 9.89 Å². The molecule has 0 aliphatic carbocycles. The van der Waals surface area contributed by atoms with E-state index in [1.807, 2.05) is 24.3 Å². The van der Waals surface area contributed by atoms with E-state index in [0.29, 0.717) is 22.9 Å². The predicted octanol–water partition coefficient (Wildman–Crippen LogP) is 3.81. The third kappa shape index (κ3) is 3.01. The van der Waals surface area contributed by atoms with Gasteiger partial charge in [0.1, 0.15) is 10.8 Å². The zero-order valence-electron chi connectivity index (χ0n) is 13.6. The van der Waals surface area contributed by atoms with Crippen LogP contribution in [0.1, 0.15) is 39.0 Å². The number of fused-ring (bicyclic) bond motifs is 1. The highest BCUT2D eigenvalue weighted by Crippen LogP contribution is 2.31. The lowest BCUT2D eigenvalue weighted by Gasteiger charge is -2.16. The van der Waals surface area contributed by atoms with E-state index in [1.165, 1.54) is 0 Å².